The van der Waals surface area contributed by atoms with Gasteiger partial charge < -0.3 is 4.74 Å². The molecule has 1 unspecified atom stereocenters. The van der Waals surface area contributed by atoms with E-state index in [0.29, 0.717) is 4.31 Å². The van der Waals surface area contributed by atoms with Crippen LogP contribution in [0.2, 0.25) is 0 Å². The lowest BCUT2D eigenvalue weighted by atomic mass is 9.87. The number of carbonyl (C=O) groups is 1. The lowest BCUT2D eigenvalue weighted by Gasteiger charge is -2.30. The molecule has 21 heavy (non-hydrogen) atoms. The molecular formula is C14H19NO5S. The predicted molar refractivity (Wildman–Crippen MR) is 76.6 cm³/mol. The van der Waals surface area contributed by atoms with Crippen LogP contribution < -0.4 is 0 Å². The van der Waals surface area contributed by atoms with Gasteiger partial charge in [0.05, 0.1) is 12.6 Å². The molecule has 0 aliphatic carbocycles. The van der Waals surface area contributed by atoms with E-state index >= 15 is 0 Å². The van der Waals surface area contributed by atoms with Crippen molar-refractivity contribution in [3.63, 3.8) is 0 Å². The first-order valence-corrected chi connectivity index (χ1v) is 7.98. The second kappa shape index (κ2) is 5.65. The van der Waals surface area contributed by atoms with Gasteiger partial charge in [0.25, 0.3) is 0 Å². The van der Waals surface area contributed by atoms with Gasteiger partial charge in [0.15, 0.2) is 0 Å². The SMILES string of the molecule is CC(C)(C)C1COS(=O)(=O)N1C(=O)OCc1ccccc1. The van der Waals surface area contributed by atoms with Crippen LogP contribution in [0.1, 0.15) is 26.3 Å². The Bertz CT molecular complexity index is 606. The second-order valence-electron chi connectivity index (χ2n) is 5.96. The van der Waals surface area contributed by atoms with E-state index in [1.165, 1.54) is 0 Å². The molecule has 0 aromatic heterocycles. The smallest absolute Gasteiger partial charge is 0.426 e. The van der Waals surface area contributed by atoms with Gasteiger partial charge in [0.1, 0.15) is 6.61 Å². The average molecular weight is 313 g/mol. The molecule has 1 fully saturated rings. The van der Waals surface area contributed by atoms with Crippen LogP contribution >= 0.6 is 0 Å². The molecule has 0 spiro atoms. The van der Waals surface area contributed by atoms with E-state index in [0.717, 1.165) is 5.56 Å². The summed E-state index contributed by atoms with van der Waals surface area (Å²) >= 11 is 0. The fraction of sp³-hybridized carbons (Fsp3) is 0.500. The van der Waals surface area contributed by atoms with Crippen molar-refractivity contribution in [2.24, 2.45) is 5.41 Å². The lowest BCUT2D eigenvalue weighted by Crippen LogP contribution is -2.46. The zero-order chi connectivity index (χ0) is 15.7. The van der Waals surface area contributed by atoms with Crippen LogP contribution in [0.3, 0.4) is 0 Å². The number of amides is 1. The Morgan fingerprint density at radius 2 is 1.95 bits per heavy atom. The molecule has 2 rings (SSSR count). The fourth-order valence-corrected chi connectivity index (χ4v) is 3.37. The predicted octanol–water partition coefficient (Wildman–Crippen LogP) is 2.31. The fourth-order valence-electron chi connectivity index (χ4n) is 2.03. The topological polar surface area (TPSA) is 72.9 Å². The van der Waals surface area contributed by atoms with Crippen molar-refractivity contribution in [2.45, 2.75) is 33.4 Å². The molecule has 0 N–H and O–H groups in total. The Morgan fingerprint density at radius 3 is 2.52 bits per heavy atom. The molecule has 0 saturated carbocycles. The summed E-state index contributed by atoms with van der Waals surface area (Å²) in [5.41, 5.74) is 0.352. The maximum absolute atomic E-state index is 12.1. The quantitative estimate of drug-likeness (QED) is 0.837. The molecule has 0 radical (unpaired) electrons. The zero-order valence-electron chi connectivity index (χ0n) is 12.3. The normalized spacial score (nSPS) is 21.3. The van der Waals surface area contributed by atoms with Crippen LogP contribution in [0.25, 0.3) is 0 Å². The standard InChI is InChI=1S/C14H19NO5S/c1-14(2,3)12-10-20-21(17,18)15(12)13(16)19-9-11-7-5-4-6-8-11/h4-8,12H,9-10H2,1-3H3. The Hall–Kier alpha value is -1.60. The highest BCUT2D eigenvalue weighted by molar-refractivity contribution is 7.85. The van der Waals surface area contributed by atoms with Gasteiger partial charge in [0, 0.05) is 0 Å². The maximum atomic E-state index is 12.1. The third kappa shape index (κ3) is 3.54. The summed E-state index contributed by atoms with van der Waals surface area (Å²) < 4.78 is 34.3. The van der Waals surface area contributed by atoms with E-state index in [1.807, 2.05) is 39.0 Å². The monoisotopic (exact) mass is 313 g/mol. The molecule has 1 aromatic rings. The number of nitrogens with zero attached hydrogens (tertiary/aromatic N) is 1. The van der Waals surface area contributed by atoms with E-state index in [9.17, 15) is 13.2 Å². The lowest BCUT2D eigenvalue weighted by molar-refractivity contribution is 0.0939. The van der Waals surface area contributed by atoms with E-state index < -0.39 is 27.9 Å². The summed E-state index contributed by atoms with van der Waals surface area (Å²) in [6.45, 7) is 5.51. The number of rotatable bonds is 2. The van der Waals surface area contributed by atoms with Crippen LogP contribution in [-0.2, 0) is 25.8 Å². The molecule has 1 amide bonds. The summed E-state index contributed by atoms with van der Waals surface area (Å²) in [5, 5.41) is 0. The van der Waals surface area contributed by atoms with E-state index in [-0.39, 0.29) is 13.2 Å². The minimum Gasteiger partial charge on any atom is -0.444 e. The highest BCUT2D eigenvalue weighted by atomic mass is 32.2. The van der Waals surface area contributed by atoms with Crippen molar-refractivity contribution in [1.82, 2.24) is 4.31 Å². The highest BCUT2D eigenvalue weighted by Gasteiger charge is 2.48. The van der Waals surface area contributed by atoms with Gasteiger partial charge in [-0.05, 0) is 11.0 Å². The molecule has 1 aliphatic heterocycles. The maximum Gasteiger partial charge on any atom is 0.426 e. The van der Waals surface area contributed by atoms with Crippen LogP contribution in [0.15, 0.2) is 30.3 Å². The van der Waals surface area contributed by atoms with E-state index in [1.54, 1.807) is 12.1 Å². The van der Waals surface area contributed by atoms with E-state index in [4.69, 9.17) is 8.92 Å². The Balaban J connectivity index is 2.12. The number of carbonyl (C=O) groups excluding carboxylic acids is 1. The molecule has 1 aromatic carbocycles. The zero-order valence-corrected chi connectivity index (χ0v) is 13.1. The summed E-state index contributed by atoms with van der Waals surface area (Å²) in [4.78, 5) is 12.1. The van der Waals surface area contributed by atoms with Crippen LogP contribution in [0.4, 0.5) is 4.79 Å². The minimum absolute atomic E-state index is 0.0164. The molecule has 1 aliphatic rings. The van der Waals surface area contributed by atoms with Crippen molar-refractivity contribution in [2.75, 3.05) is 6.61 Å². The van der Waals surface area contributed by atoms with Gasteiger partial charge in [-0.1, -0.05) is 51.1 Å². The third-order valence-electron chi connectivity index (χ3n) is 3.28. The Kier molecular flexibility index (Phi) is 4.25. The van der Waals surface area contributed by atoms with E-state index in [2.05, 4.69) is 0 Å². The van der Waals surface area contributed by atoms with Gasteiger partial charge in [-0.3, -0.25) is 4.18 Å². The molecule has 116 valence electrons. The number of ether oxygens (including phenoxy) is 1. The first-order chi connectivity index (χ1) is 9.72. The highest BCUT2D eigenvalue weighted by Crippen LogP contribution is 2.32. The van der Waals surface area contributed by atoms with Crippen molar-refractivity contribution < 1.29 is 22.1 Å². The molecule has 7 heteroatoms. The number of hydrogen-bond donors (Lipinski definition) is 0. The average Bonchev–Trinajstić information content (AvgIpc) is 2.73. The van der Waals surface area contributed by atoms with Gasteiger partial charge in [-0.2, -0.15) is 12.7 Å². The summed E-state index contributed by atoms with van der Waals surface area (Å²) in [6, 6.07) is 8.49. The molecular weight excluding hydrogens is 294 g/mol. The van der Waals surface area contributed by atoms with Gasteiger partial charge in [-0.15, -0.1) is 0 Å². The molecule has 0 bridgehead atoms. The van der Waals surface area contributed by atoms with Crippen molar-refractivity contribution in [1.29, 1.82) is 0 Å². The summed E-state index contributed by atoms with van der Waals surface area (Å²) in [6.07, 6.45) is -0.906. The third-order valence-corrected chi connectivity index (χ3v) is 4.60. The first-order valence-electron chi connectivity index (χ1n) is 6.61. The Morgan fingerprint density at radius 1 is 1.33 bits per heavy atom. The summed E-state index contributed by atoms with van der Waals surface area (Å²) in [7, 11) is -4.06. The van der Waals surface area contributed by atoms with Crippen LogP contribution in [-0.4, -0.2) is 31.5 Å². The van der Waals surface area contributed by atoms with Crippen LogP contribution in [0, 0.1) is 5.41 Å². The van der Waals surface area contributed by atoms with Crippen molar-refractivity contribution in [3.05, 3.63) is 35.9 Å². The summed E-state index contributed by atoms with van der Waals surface area (Å²) in [5.74, 6) is 0. The van der Waals surface area contributed by atoms with Crippen LogP contribution in [0.5, 0.6) is 0 Å². The minimum atomic E-state index is -4.06. The van der Waals surface area contributed by atoms with Crippen molar-refractivity contribution in [3.8, 4) is 0 Å². The molecule has 1 atom stereocenters. The van der Waals surface area contributed by atoms with Gasteiger partial charge in [0.2, 0.25) is 0 Å². The van der Waals surface area contributed by atoms with Gasteiger partial charge >= 0.3 is 16.4 Å². The molecule has 6 nitrogen and oxygen atoms in total. The number of hydrogen-bond acceptors (Lipinski definition) is 5. The first kappa shape index (κ1) is 15.8. The molecule has 1 saturated heterocycles. The van der Waals surface area contributed by atoms with Gasteiger partial charge in [-0.25, -0.2) is 4.79 Å². The Labute approximate surface area is 124 Å². The largest absolute Gasteiger partial charge is 0.444 e. The van der Waals surface area contributed by atoms with Crippen molar-refractivity contribution >= 4 is 16.4 Å². The molecule has 1 heterocycles. The number of benzene rings is 1. The second-order valence-corrected chi connectivity index (χ2v) is 7.44.